The summed E-state index contributed by atoms with van der Waals surface area (Å²) in [4.78, 5) is 23.6. The number of benzene rings is 1. The van der Waals surface area contributed by atoms with E-state index in [1.165, 1.54) is 0 Å². The number of hydrogen-bond acceptors (Lipinski definition) is 2. The summed E-state index contributed by atoms with van der Waals surface area (Å²) in [7, 11) is 0. The molecule has 4 nitrogen and oxygen atoms in total. The van der Waals surface area contributed by atoms with E-state index in [4.69, 9.17) is 5.73 Å². The van der Waals surface area contributed by atoms with Crippen molar-refractivity contribution >= 4 is 27.6 Å². The predicted octanol–water partition coefficient (Wildman–Crippen LogP) is 3.47. The van der Waals surface area contributed by atoms with Crippen molar-refractivity contribution in [1.82, 2.24) is 4.57 Å². The summed E-state index contributed by atoms with van der Waals surface area (Å²) in [6.45, 7) is 4.03. The van der Waals surface area contributed by atoms with Gasteiger partial charge in [-0.2, -0.15) is 0 Å². The first-order valence-electron chi connectivity index (χ1n) is 7.25. The van der Waals surface area contributed by atoms with Crippen LogP contribution < -0.4 is 5.73 Å². The zero-order valence-corrected chi connectivity index (χ0v) is 14.2. The molecule has 0 saturated carbocycles. The second-order valence-corrected chi connectivity index (χ2v) is 6.53. The van der Waals surface area contributed by atoms with Crippen LogP contribution in [0.4, 0.5) is 0 Å². The number of Topliss-reactive ketones (excluding diaryl/α,β-unsaturated/α-hetero) is 1. The number of halogens is 1. The van der Waals surface area contributed by atoms with Crippen molar-refractivity contribution in [1.29, 1.82) is 0 Å². The van der Waals surface area contributed by atoms with E-state index in [2.05, 4.69) is 20.5 Å². The van der Waals surface area contributed by atoms with E-state index < -0.39 is 5.91 Å². The third-order valence-corrected chi connectivity index (χ3v) is 5.04. The zero-order valence-electron chi connectivity index (χ0n) is 12.6. The maximum Gasteiger partial charge on any atom is 0.249 e. The van der Waals surface area contributed by atoms with E-state index >= 15 is 0 Å². The van der Waals surface area contributed by atoms with E-state index in [0.717, 1.165) is 41.0 Å². The molecular weight excluding hydrogens is 344 g/mol. The lowest BCUT2D eigenvalue weighted by molar-refractivity contribution is 0.0969. The molecule has 22 heavy (non-hydrogen) atoms. The first-order chi connectivity index (χ1) is 10.4. The van der Waals surface area contributed by atoms with Gasteiger partial charge in [-0.15, -0.1) is 0 Å². The van der Waals surface area contributed by atoms with Crippen molar-refractivity contribution < 1.29 is 9.59 Å². The Balaban J connectivity index is 2.21. The quantitative estimate of drug-likeness (QED) is 0.890. The molecule has 0 unspecified atom stereocenters. The fourth-order valence-corrected chi connectivity index (χ4v) is 3.78. The minimum atomic E-state index is -0.462. The number of rotatable bonds is 2. The highest BCUT2D eigenvalue weighted by Gasteiger charge is 2.26. The molecule has 2 aromatic rings. The molecular formula is C17H17BrN2O2. The molecule has 1 amide bonds. The molecule has 0 fully saturated rings. The van der Waals surface area contributed by atoms with Gasteiger partial charge in [-0.25, -0.2) is 0 Å². The van der Waals surface area contributed by atoms with Crippen LogP contribution in [0.2, 0.25) is 0 Å². The number of carbonyl (C=O) groups is 2. The highest BCUT2D eigenvalue weighted by molar-refractivity contribution is 9.10. The summed E-state index contributed by atoms with van der Waals surface area (Å²) < 4.78 is 2.79. The van der Waals surface area contributed by atoms with Gasteiger partial charge in [0.15, 0.2) is 5.78 Å². The van der Waals surface area contributed by atoms with Gasteiger partial charge in [0.05, 0.1) is 5.56 Å². The molecule has 0 radical (unpaired) electrons. The van der Waals surface area contributed by atoms with Crippen molar-refractivity contribution in [2.24, 2.45) is 5.73 Å². The van der Waals surface area contributed by atoms with Crippen LogP contribution in [0.3, 0.4) is 0 Å². The van der Waals surface area contributed by atoms with Crippen molar-refractivity contribution in [2.45, 2.75) is 33.1 Å². The SMILES string of the molecule is Cc1c2c(n(-c3ccc(C(N)=O)c(Br)c3)c1C)CCCC2=O. The van der Waals surface area contributed by atoms with Crippen LogP contribution in [0.5, 0.6) is 0 Å². The number of fused-ring (bicyclic) bond motifs is 1. The Morgan fingerprint density at radius 1 is 1.27 bits per heavy atom. The van der Waals surface area contributed by atoms with Crippen LogP contribution in [-0.4, -0.2) is 16.3 Å². The molecule has 0 atom stereocenters. The van der Waals surface area contributed by atoms with Crippen LogP contribution in [-0.2, 0) is 6.42 Å². The Kier molecular flexibility index (Phi) is 3.68. The molecule has 1 aliphatic rings. The van der Waals surface area contributed by atoms with Gasteiger partial charge >= 0.3 is 0 Å². The molecule has 1 aromatic carbocycles. The van der Waals surface area contributed by atoms with Crippen LogP contribution in [0.25, 0.3) is 5.69 Å². The molecule has 3 rings (SSSR count). The van der Waals surface area contributed by atoms with Crippen LogP contribution in [0.1, 0.15) is 50.5 Å². The highest BCUT2D eigenvalue weighted by Crippen LogP contribution is 2.33. The third kappa shape index (κ3) is 2.20. The second-order valence-electron chi connectivity index (χ2n) is 5.67. The number of amides is 1. The minimum Gasteiger partial charge on any atom is -0.366 e. The van der Waals surface area contributed by atoms with E-state index in [9.17, 15) is 9.59 Å². The number of nitrogens with zero attached hydrogens (tertiary/aromatic N) is 1. The summed E-state index contributed by atoms with van der Waals surface area (Å²) in [6.07, 6.45) is 2.40. The average Bonchev–Trinajstić information content (AvgIpc) is 2.71. The number of ketones is 1. The van der Waals surface area contributed by atoms with Crippen molar-refractivity contribution in [2.75, 3.05) is 0 Å². The molecule has 0 bridgehead atoms. The van der Waals surface area contributed by atoms with E-state index in [0.29, 0.717) is 16.5 Å². The number of primary amides is 1. The topological polar surface area (TPSA) is 65.1 Å². The summed E-state index contributed by atoms with van der Waals surface area (Å²) in [5, 5.41) is 0. The molecule has 114 valence electrons. The van der Waals surface area contributed by atoms with E-state index in [-0.39, 0.29) is 5.78 Å². The maximum atomic E-state index is 12.2. The summed E-state index contributed by atoms with van der Waals surface area (Å²) in [5.74, 6) is -0.232. The van der Waals surface area contributed by atoms with Gasteiger partial charge in [0.2, 0.25) is 5.91 Å². The highest BCUT2D eigenvalue weighted by atomic mass is 79.9. The lowest BCUT2D eigenvalue weighted by atomic mass is 9.94. The van der Waals surface area contributed by atoms with Crippen molar-refractivity contribution in [3.63, 3.8) is 0 Å². The lowest BCUT2D eigenvalue weighted by Crippen LogP contribution is -2.14. The summed E-state index contributed by atoms with van der Waals surface area (Å²) in [5.41, 5.74) is 10.8. The zero-order chi connectivity index (χ0) is 16.0. The summed E-state index contributed by atoms with van der Waals surface area (Å²) in [6, 6.07) is 5.47. The molecule has 1 aromatic heterocycles. The largest absolute Gasteiger partial charge is 0.366 e. The van der Waals surface area contributed by atoms with Gasteiger partial charge in [-0.3, -0.25) is 9.59 Å². The standard InChI is InChI=1S/C17H17BrN2O2/c1-9-10(2)20(14-4-3-5-15(21)16(9)14)11-6-7-12(17(19)22)13(18)8-11/h6-8H,3-5H2,1-2H3,(H2,19,22). The number of nitrogens with two attached hydrogens (primary N) is 1. The Morgan fingerprint density at radius 2 is 2.00 bits per heavy atom. The van der Waals surface area contributed by atoms with E-state index in [1.807, 2.05) is 26.0 Å². The minimum absolute atomic E-state index is 0.230. The van der Waals surface area contributed by atoms with Crippen LogP contribution >= 0.6 is 15.9 Å². The fraction of sp³-hybridized carbons (Fsp3) is 0.294. The average molecular weight is 361 g/mol. The molecule has 5 heteroatoms. The van der Waals surface area contributed by atoms with Crippen LogP contribution in [0, 0.1) is 13.8 Å². The van der Waals surface area contributed by atoms with Gasteiger partial charge in [-0.05, 0) is 66.4 Å². The van der Waals surface area contributed by atoms with Gasteiger partial charge in [0.1, 0.15) is 0 Å². The molecule has 0 saturated heterocycles. The van der Waals surface area contributed by atoms with Crippen molar-refractivity contribution in [3.05, 3.63) is 50.8 Å². The Morgan fingerprint density at radius 3 is 2.64 bits per heavy atom. The van der Waals surface area contributed by atoms with Crippen molar-refractivity contribution in [3.8, 4) is 5.69 Å². The Bertz CT molecular complexity index is 805. The monoisotopic (exact) mass is 360 g/mol. The van der Waals surface area contributed by atoms with Crippen LogP contribution in [0.15, 0.2) is 22.7 Å². The van der Waals surface area contributed by atoms with E-state index in [1.54, 1.807) is 6.07 Å². The third-order valence-electron chi connectivity index (χ3n) is 4.38. The summed E-state index contributed by atoms with van der Waals surface area (Å²) >= 11 is 3.40. The fourth-order valence-electron chi connectivity index (χ4n) is 3.22. The van der Waals surface area contributed by atoms with Gasteiger partial charge in [0.25, 0.3) is 0 Å². The first-order valence-corrected chi connectivity index (χ1v) is 8.04. The number of aromatic nitrogens is 1. The molecule has 2 N–H and O–H groups in total. The van der Waals surface area contributed by atoms with Gasteiger partial charge in [0, 0.05) is 33.5 Å². The molecule has 0 aliphatic heterocycles. The smallest absolute Gasteiger partial charge is 0.249 e. The molecule has 1 aliphatic carbocycles. The molecule has 1 heterocycles. The maximum absolute atomic E-state index is 12.2. The lowest BCUT2D eigenvalue weighted by Gasteiger charge is -2.16. The van der Waals surface area contributed by atoms with Gasteiger partial charge < -0.3 is 10.3 Å². The predicted molar refractivity (Wildman–Crippen MR) is 88.7 cm³/mol. The first kappa shape index (κ1) is 15.0. The number of hydrogen-bond donors (Lipinski definition) is 1. The Hall–Kier alpha value is -1.88. The second kappa shape index (κ2) is 5.39. The normalized spacial score (nSPS) is 14.0. The Labute approximate surface area is 137 Å². The molecule has 0 spiro atoms. The van der Waals surface area contributed by atoms with Gasteiger partial charge in [-0.1, -0.05) is 0 Å². The number of carbonyl (C=O) groups excluding carboxylic acids is 2.